The Bertz CT molecular complexity index is 830. The first-order chi connectivity index (χ1) is 14.0. The van der Waals surface area contributed by atoms with Crippen LogP contribution in [0.5, 0.6) is 5.75 Å². The van der Waals surface area contributed by atoms with Gasteiger partial charge in [0.2, 0.25) is 5.91 Å². The SMILES string of the molecule is COc1ccccc1NC(=O)N(CC(=O)Nc1cc(C)on1)CC1CCCCC1. The lowest BCUT2D eigenvalue weighted by atomic mass is 9.89. The van der Waals surface area contributed by atoms with Gasteiger partial charge in [-0.2, -0.15) is 0 Å². The van der Waals surface area contributed by atoms with E-state index < -0.39 is 0 Å². The topological polar surface area (TPSA) is 96.7 Å². The number of hydrogen-bond acceptors (Lipinski definition) is 5. The quantitative estimate of drug-likeness (QED) is 0.731. The van der Waals surface area contributed by atoms with Gasteiger partial charge in [-0.3, -0.25) is 4.79 Å². The number of nitrogens with zero attached hydrogens (tertiary/aromatic N) is 2. The lowest BCUT2D eigenvalue weighted by molar-refractivity contribution is -0.116. The van der Waals surface area contributed by atoms with Crippen LogP contribution in [0.2, 0.25) is 0 Å². The van der Waals surface area contributed by atoms with E-state index in [1.807, 2.05) is 12.1 Å². The molecular formula is C21H28N4O4. The van der Waals surface area contributed by atoms with Crippen molar-refractivity contribution < 1.29 is 18.8 Å². The van der Waals surface area contributed by atoms with Crippen LogP contribution in [0.1, 0.15) is 37.9 Å². The molecule has 1 aromatic heterocycles. The third kappa shape index (κ3) is 5.97. The van der Waals surface area contributed by atoms with Crippen LogP contribution < -0.4 is 15.4 Å². The summed E-state index contributed by atoms with van der Waals surface area (Å²) >= 11 is 0. The van der Waals surface area contributed by atoms with Gasteiger partial charge in [0.15, 0.2) is 5.82 Å². The highest BCUT2D eigenvalue weighted by Gasteiger charge is 2.24. The summed E-state index contributed by atoms with van der Waals surface area (Å²) in [5.41, 5.74) is 0.571. The molecule has 0 aliphatic heterocycles. The van der Waals surface area contributed by atoms with Gasteiger partial charge in [-0.05, 0) is 37.8 Å². The Kier molecular flexibility index (Phi) is 7.10. The molecular weight excluding hydrogens is 372 g/mol. The van der Waals surface area contributed by atoms with Crippen molar-refractivity contribution in [1.82, 2.24) is 10.1 Å². The number of anilines is 2. The van der Waals surface area contributed by atoms with Gasteiger partial charge in [-0.25, -0.2) is 4.79 Å². The van der Waals surface area contributed by atoms with Crippen LogP contribution in [-0.2, 0) is 4.79 Å². The molecule has 29 heavy (non-hydrogen) atoms. The number of carbonyl (C=O) groups is 2. The minimum Gasteiger partial charge on any atom is -0.495 e. The van der Waals surface area contributed by atoms with Crippen molar-refractivity contribution in [2.45, 2.75) is 39.0 Å². The van der Waals surface area contributed by atoms with Crippen LogP contribution >= 0.6 is 0 Å². The fourth-order valence-electron chi connectivity index (χ4n) is 3.62. The second-order valence-corrected chi connectivity index (χ2v) is 7.39. The number of amides is 3. The highest BCUT2D eigenvalue weighted by molar-refractivity contribution is 5.97. The highest BCUT2D eigenvalue weighted by atomic mass is 16.5. The van der Waals surface area contributed by atoms with Crippen molar-refractivity contribution in [2.24, 2.45) is 5.92 Å². The van der Waals surface area contributed by atoms with E-state index in [1.165, 1.54) is 6.42 Å². The van der Waals surface area contributed by atoms with E-state index in [0.29, 0.717) is 35.5 Å². The van der Waals surface area contributed by atoms with Gasteiger partial charge >= 0.3 is 6.03 Å². The van der Waals surface area contributed by atoms with Gasteiger partial charge in [0.25, 0.3) is 0 Å². The van der Waals surface area contributed by atoms with E-state index in [-0.39, 0.29) is 18.5 Å². The number of ether oxygens (including phenoxy) is 1. The third-order valence-corrected chi connectivity index (χ3v) is 5.07. The van der Waals surface area contributed by atoms with Crippen molar-refractivity contribution >= 4 is 23.4 Å². The highest BCUT2D eigenvalue weighted by Crippen LogP contribution is 2.26. The molecule has 1 aromatic carbocycles. The van der Waals surface area contributed by atoms with Crippen molar-refractivity contribution in [2.75, 3.05) is 30.8 Å². The number of nitrogens with one attached hydrogen (secondary N) is 2. The number of rotatable bonds is 7. The molecule has 0 atom stereocenters. The number of hydrogen-bond donors (Lipinski definition) is 2. The number of para-hydroxylation sites is 2. The van der Waals surface area contributed by atoms with Crippen molar-refractivity contribution in [3.8, 4) is 5.75 Å². The van der Waals surface area contributed by atoms with Crippen LogP contribution in [0.25, 0.3) is 0 Å². The molecule has 156 valence electrons. The van der Waals surface area contributed by atoms with Crippen LogP contribution in [0.15, 0.2) is 34.9 Å². The molecule has 1 saturated carbocycles. The molecule has 1 aliphatic rings. The predicted molar refractivity (Wildman–Crippen MR) is 110 cm³/mol. The summed E-state index contributed by atoms with van der Waals surface area (Å²) in [6.07, 6.45) is 5.70. The molecule has 0 radical (unpaired) electrons. The minimum absolute atomic E-state index is 0.0661. The Morgan fingerprint density at radius 1 is 1.21 bits per heavy atom. The molecule has 1 heterocycles. The number of carbonyl (C=O) groups excluding carboxylic acids is 2. The van der Waals surface area contributed by atoms with Gasteiger partial charge in [0.05, 0.1) is 12.8 Å². The van der Waals surface area contributed by atoms with E-state index >= 15 is 0 Å². The zero-order valence-electron chi connectivity index (χ0n) is 16.9. The molecule has 0 unspecified atom stereocenters. The average molecular weight is 400 g/mol. The smallest absolute Gasteiger partial charge is 0.322 e. The number of urea groups is 1. The van der Waals surface area contributed by atoms with E-state index in [2.05, 4.69) is 15.8 Å². The summed E-state index contributed by atoms with van der Waals surface area (Å²) in [6.45, 7) is 2.22. The number of aromatic nitrogens is 1. The molecule has 0 spiro atoms. The Labute approximate surface area is 170 Å². The Hall–Kier alpha value is -3.03. The summed E-state index contributed by atoms with van der Waals surface area (Å²) in [7, 11) is 1.55. The second-order valence-electron chi connectivity index (χ2n) is 7.39. The number of benzene rings is 1. The van der Waals surface area contributed by atoms with Gasteiger partial charge < -0.3 is 24.8 Å². The Morgan fingerprint density at radius 2 is 1.97 bits per heavy atom. The van der Waals surface area contributed by atoms with Gasteiger partial charge in [-0.15, -0.1) is 0 Å². The largest absolute Gasteiger partial charge is 0.495 e. The van der Waals surface area contributed by atoms with E-state index in [4.69, 9.17) is 9.26 Å². The summed E-state index contributed by atoms with van der Waals surface area (Å²) in [4.78, 5) is 27.1. The van der Waals surface area contributed by atoms with Crippen LogP contribution in [0.4, 0.5) is 16.3 Å². The third-order valence-electron chi connectivity index (χ3n) is 5.07. The summed E-state index contributed by atoms with van der Waals surface area (Å²) in [5.74, 6) is 1.60. The van der Waals surface area contributed by atoms with Crippen LogP contribution in [0.3, 0.4) is 0 Å². The van der Waals surface area contributed by atoms with E-state index in [1.54, 1.807) is 37.1 Å². The molecule has 0 saturated heterocycles. The predicted octanol–water partition coefficient (Wildman–Crippen LogP) is 4.04. The molecule has 8 nitrogen and oxygen atoms in total. The zero-order valence-corrected chi connectivity index (χ0v) is 16.9. The Morgan fingerprint density at radius 3 is 2.66 bits per heavy atom. The monoisotopic (exact) mass is 400 g/mol. The maximum absolute atomic E-state index is 13.0. The maximum atomic E-state index is 13.0. The fraction of sp³-hybridized carbons (Fsp3) is 0.476. The molecule has 8 heteroatoms. The first-order valence-corrected chi connectivity index (χ1v) is 9.97. The minimum atomic E-state index is -0.327. The van der Waals surface area contributed by atoms with Crippen LogP contribution in [-0.4, -0.2) is 42.2 Å². The van der Waals surface area contributed by atoms with E-state index in [0.717, 1.165) is 25.7 Å². The summed E-state index contributed by atoms with van der Waals surface area (Å²) in [5, 5.41) is 9.33. The lowest BCUT2D eigenvalue weighted by Crippen LogP contribution is -2.43. The fourth-order valence-corrected chi connectivity index (χ4v) is 3.62. The van der Waals surface area contributed by atoms with Gasteiger partial charge in [0.1, 0.15) is 18.1 Å². The molecule has 1 fully saturated rings. The number of aryl methyl sites for hydroxylation is 1. The first-order valence-electron chi connectivity index (χ1n) is 9.97. The van der Waals surface area contributed by atoms with Crippen molar-refractivity contribution in [3.63, 3.8) is 0 Å². The van der Waals surface area contributed by atoms with Gasteiger partial charge in [-0.1, -0.05) is 36.6 Å². The summed E-state index contributed by atoms with van der Waals surface area (Å²) in [6, 6.07) is 8.52. The summed E-state index contributed by atoms with van der Waals surface area (Å²) < 4.78 is 10.3. The molecule has 3 rings (SSSR count). The number of methoxy groups -OCH3 is 1. The van der Waals surface area contributed by atoms with Crippen molar-refractivity contribution in [1.29, 1.82) is 0 Å². The lowest BCUT2D eigenvalue weighted by Gasteiger charge is -2.29. The maximum Gasteiger partial charge on any atom is 0.322 e. The zero-order chi connectivity index (χ0) is 20.6. The molecule has 2 aromatic rings. The molecule has 1 aliphatic carbocycles. The van der Waals surface area contributed by atoms with Crippen molar-refractivity contribution in [3.05, 3.63) is 36.1 Å². The standard InChI is InChI=1S/C21H28N4O4/c1-15-12-19(24-29-15)23-20(26)14-25(13-16-8-4-3-5-9-16)21(27)22-17-10-6-7-11-18(17)28-2/h6-7,10-12,16H,3-5,8-9,13-14H2,1-2H3,(H,22,27)(H,23,24,26). The van der Waals surface area contributed by atoms with Gasteiger partial charge in [0, 0.05) is 12.6 Å². The molecule has 2 N–H and O–H groups in total. The Balaban J connectivity index is 1.68. The van der Waals surface area contributed by atoms with Crippen LogP contribution in [0, 0.1) is 12.8 Å². The van der Waals surface area contributed by atoms with E-state index in [9.17, 15) is 9.59 Å². The normalized spacial score (nSPS) is 14.3. The first kappa shape index (κ1) is 20.7. The second kappa shape index (κ2) is 9.95. The average Bonchev–Trinajstić information content (AvgIpc) is 3.13. The molecule has 0 bridgehead atoms. The molecule has 3 amide bonds.